The topological polar surface area (TPSA) is 77.5 Å². The Balaban J connectivity index is 0.00000392. The maximum Gasteiger partial charge on any atom is 0.344 e. The lowest BCUT2D eigenvalue weighted by Crippen LogP contribution is -2.47. The zero-order chi connectivity index (χ0) is 20.0. The molecule has 0 aliphatic rings. The van der Waals surface area contributed by atoms with Crippen LogP contribution in [0.15, 0.2) is 36.7 Å². The Morgan fingerprint density at radius 2 is 1.64 bits per heavy atom. The molecular formula is C21H27ClN2O4. The number of aryl methyl sites for hydroxylation is 3. The number of hydrogen-bond donors (Lipinski definition) is 1. The Morgan fingerprint density at radius 1 is 1.07 bits per heavy atom. The molecule has 1 aromatic carbocycles. The summed E-state index contributed by atoms with van der Waals surface area (Å²) in [7, 11) is 0. The average Bonchev–Trinajstić information content (AvgIpc) is 2.59. The molecule has 0 fully saturated rings. The molecule has 0 radical (unpaired) electrons. The van der Waals surface area contributed by atoms with E-state index in [2.05, 4.69) is 10.3 Å². The van der Waals surface area contributed by atoms with Crippen LogP contribution in [0.3, 0.4) is 0 Å². The number of amides is 1. The number of hydrogen-bond acceptors (Lipinski definition) is 5. The smallest absolute Gasteiger partial charge is 0.344 e. The van der Waals surface area contributed by atoms with Gasteiger partial charge < -0.3 is 14.8 Å². The maximum atomic E-state index is 12.2. The minimum atomic E-state index is -0.717. The number of nitrogens with one attached hydrogen (secondary N) is 1. The third kappa shape index (κ3) is 6.85. The molecule has 0 unspecified atom stereocenters. The molecule has 2 rings (SSSR count). The standard InChI is InChI=1S/C21H26N2O4.ClH/c1-14-10-15(2)19(16(3)11-14)26-12-18(24)27-13-21(4,5)23-20(25)17-6-8-22-9-7-17;/h6-11H,12-13H2,1-5H3,(H,23,25);1H. The Hall–Kier alpha value is -2.60. The van der Waals surface area contributed by atoms with Gasteiger partial charge in [0.05, 0.1) is 5.54 Å². The van der Waals surface area contributed by atoms with Gasteiger partial charge in [0, 0.05) is 18.0 Å². The van der Waals surface area contributed by atoms with E-state index in [-0.39, 0.29) is 31.5 Å². The van der Waals surface area contributed by atoms with E-state index in [0.717, 1.165) is 16.7 Å². The van der Waals surface area contributed by atoms with Gasteiger partial charge in [0.2, 0.25) is 0 Å². The number of nitrogens with zero attached hydrogens (tertiary/aromatic N) is 1. The fraction of sp³-hybridized carbons (Fsp3) is 0.381. The predicted octanol–water partition coefficient (Wildman–Crippen LogP) is 3.56. The second kappa shape index (κ2) is 10.1. The van der Waals surface area contributed by atoms with Gasteiger partial charge in [-0.1, -0.05) is 17.7 Å². The van der Waals surface area contributed by atoms with Crippen LogP contribution in [0.4, 0.5) is 0 Å². The summed E-state index contributed by atoms with van der Waals surface area (Å²) in [5.41, 5.74) is 2.88. The van der Waals surface area contributed by atoms with Crippen molar-refractivity contribution in [3.63, 3.8) is 0 Å². The molecule has 152 valence electrons. The van der Waals surface area contributed by atoms with Crippen LogP contribution in [0.1, 0.15) is 40.9 Å². The first-order chi connectivity index (χ1) is 12.7. The number of carbonyl (C=O) groups is 2. The molecule has 0 bridgehead atoms. The predicted molar refractivity (Wildman–Crippen MR) is 110 cm³/mol. The summed E-state index contributed by atoms with van der Waals surface area (Å²) < 4.78 is 10.9. The van der Waals surface area contributed by atoms with Gasteiger partial charge in [-0.25, -0.2) is 4.79 Å². The summed E-state index contributed by atoms with van der Waals surface area (Å²) in [6.07, 6.45) is 3.10. The Morgan fingerprint density at radius 3 is 2.21 bits per heavy atom. The van der Waals surface area contributed by atoms with E-state index in [1.807, 2.05) is 32.9 Å². The first-order valence-electron chi connectivity index (χ1n) is 8.77. The highest BCUT2D eigenvalue weighted by atomic mass is 35.5. The van der Waals surface area contributed by atoms with Crippen LogP contribution in [0.5, 0.6) is 5.75 Å². The van der Waals surface area contributed by atoms with Gasteiger partial charge in [0.1, 0.15) is 12.4 Å². The van der Waals surface area contributed by atoms with Crippen molar-refractivity contribution in [2.24, 2.45) is 0 Å². The van der Waals surface area contributed by atoms with Crippen molar-refractivity contribution in [2.45, 2.75) is 40.2 Å². The van der Waals surface area contributed by atoms with Gasteiger partial charge >= 0.3 is 5.97 Å². The van der Waals surface area contributed by atoms with Crippen LogP contribution < -0.4 is 10.1 Å². The maximum absolute atomic E-state index is 12.2. The van der Waals surface area contributed by atoms with Crippen molar-refractivity contribution < 1.29 is 19.1 Å². The number of esters is 1. The van der Waals surface area contributed by atoms with Crippen molar-refractivity contribution in [2.75, 3.05) is 13.2 Å². The van der Waals surface area contributed by atoms with Crippen molar-refractivity contribution in [3.05, 3.63) is 58.9 Å². The second-order valence-corrected chi connectivity index (χ2v) is 7.25. The van der Waals surface area contributed by atoms with Gasteiger partial charge in [-0.15, -0.1) is 12.4 Å². The Labute approximate surface area is 172 Å². The molecule has 0 atom stereocenters. The molecule has 1 heterocycles. The van der Waals surface area contributed by atoms with E-state index in [1.54, 1.807) is 38.4 Å². The molecule has 28 heavy (non-hydrogen) atoms. The van der Waals surface area contributed by atoms with Crippen LogP contribution in [0.2, 0.25) is 0 Å². The summed E-state index contributed by atoms with van der Waals surface area (Å²) in [5, 5.41) is 2.84. The second-order valence-electron chi connectivity index (χ2n) is 7.25. The zero-order valence-corrected chi connectivity index (χ0v) is 17.7. The van der Waals surface area contributed by atoms with Gasteiger partial charge in [0.25, 0.3) is 5.91 Å². The molecule has 7 heteroatoms. The van der Waals surface area contributed by atoms with E-state index < -0.39 is 11.5 Å². The highest BCUT2D eigenvalue weighted by Gasteiger charge is 2.23. The van der Waals surface area contributed by atoms with E-state index in [9.17, 15) is 9.59 Å². The fourth-order valence-electron chi connectivity index (χ4n) is 2.75. The SMILES string of the molecule is Cc1cc(C)c(OCC(=O)OCC(C)(C)NC(=O)c2ccncc2)c(C)c1.Cl. The van der Waals surface area contributed by atoms with Crippen molar-refractivity contribution in [3.8, 4) is 5.75 Å². The molecule has 0 saturated heterocycles. The minimum absolute atomic E-state index is 0. The van der Waals surface area contributed by atoms with Crippen molar-refractivity contribution >= 4 is 24.3 Å². The number of ether oxygens (including phenoxy) is 2. The number of rotatable bonds is 7. The lowest BCUT2D eigenvalue weighted by atomic mass is 10.1. The number of carbonyl (C=O) groups excluding carboxylic acids is 2. The van der Waals surface area contributed by atoms with E-state index in [4.69, 9.17) is 9.47 Å². The number of benzene rings is 1. The minimum Gasteiger partial charge on any atom is -0.481 e. The number of halogens is 1. The quantitative estimate of drug-likeness (QED) is 0.711. The van der Waals surface area contributed by atoms with Crippen LogP contribution in [0, 0.1) is 20.8 Å². The monoisotopic (exact) mass is 406 g/mol. The summed E-state index contributed by atoms with van der Waals surface area (Å²) in [6.45, 7) is 9.33. The normalized spacial score (nSPS) is 10.6. The van der Waals surface area contributed by atoms with Gasteiger partial charge in [0.15, 0.2) is 6.61 Å². The molecule has 0 aliphatic heterocycles. The van der Waals surface area contributed by atoms with Crippen molar-refractivity contribution in [1.82, 2.24) is 10.3 Å². The van der Waals surface area contributed by atoms with E-state index in [1.165, 1.54) is 0 Å². The molecule has 0 saturated carbocycles. The first-order valence-corrected chi connectivity index (χ1v) is 8.77. The Kier molecular flexibility index (Phi) is 8.44. The molecule has 2 aromatic rings. The highest BCUT2D eigenvalue weighted by molar-refractivity contribution is 5.94. The average molecular weight is 407 g/mol. The molecule has 0 aliphatic carbocycles. The molecule has 1 N–H and O–H groups in total. The Bertz CT molecular complexity index is 799. The summed E-state index contributed by atoms with van der Waals surface area (Å²) in [5.74, 6) is -0.0379. The summed E-state index contributed by atoms with van der Waals surface area (Å²) >= 11 is 0. The molecular weight excluding hydrogens is 380 g/mol. The fourth-order valence-corrected chi connectivity index (χ4v) is 2.75. The van der Waals surface area contributed by atoms with E-state index >= 15 is 0 Å². The van der Waals surface area contributed by atoms with Gasteiger partial charge in [-0.05, 0) is 57.9 Å². The van der Waals surface area contributed by atoms with Crippen LogP contribution >= 0.6 is 12.4 Å². The first kappa shape index (κ1) is 23.4. The van der Waals surface area contributed by atoms with Crippen LogP contribution in [0.25, 0.3) is 0 Å². The third-order valence-electron chi connectivity index (χ3n) is 3.93. The van der Waals surface area contributed by atoms with Crippen molar-refractivity contribution in [1.29, 1.82) is 0 Å². The molecule has 1 amide bonds. The molecule has 0 spiro atoms. The lowest BCUT2D eigenvalue weighted by molar-refractivity contribution is -0.147. The highest BCUT2D eigenvalue weighted by Crippen LogP contribution is 2.24. The third-order valence-corrected chi connectivity index (χ3v) is 3.93. The van der Waals surface area contributed by atoms with Crippen LogP contribution in [-0.2, 0) is 9.53 Å². The molecule has 6 nitrogen and oxygen atoms in total. The number of aromatic nitrogens is 1. The lowest BCUT2D eigenvalue weighted by Gasteiger charge is -2.25. The summed E-state index contributed by atoms with van der Waals surface area (Å²) in [6, 6.07) is 7.26. The van der Waals surface area contributed by atoms with E-state index in [0.29, 0.717) is 11.3 Å². The van der Waals surface area contributed by atoms with Crippen LogP contribution in [-0.4, -0.2) is 35.6 Å². The summed E-state index contributed by atoms with van der Waals surface area (Å²) in [4.78, 5) is 28.1. The van der Waals surface area contributed by atoms with Gasteiger partial charge in [-0.2, -0.15) is 0 Å². The largest absolute Gasteiger partial charge is 0.481 e. The number of pyridine rings is 1. The van der Waals surface area contributed by atoms with Gasteiger partial charge in [-0.3, -0.25) is 9.78 Å². The molecule has 1 aromatic heterocycles. The zero-order valence-electron chi connectivity index (χ0n) is 16.9.